The van der Waals surface area contributed by atoms with E-state index in [1.165, 1.54) is 28.7 Å². The first-order valence-electron chi connectivity index (χ1n) is 8.47. The van der Waals surface area contributed by atoms with Crippen molar-refractivity contribution < 1.29 is 4.74 Å². The number of fused-ring (bicyclic) bond motifs is 3. The zero-order valence-electron chi connectivity index (χ0n) is 14.0. The second kappa shape index (κ2) is 7.64. The summed E-state index contributed by atoms with van der Waals surface area (Å²) >= 11 is 7.06. The topological polar surface area (TPSA) is 35.0 Å². The van der Waals surface area contributed by atoms with Crippen LogP contribution in [0, 0.1) is 5.92 Å². The Kier molecular flexibility index (Phi) is 5.29. The first-order valence-corrected chi connectivity index (χ1v) is 11.1. The van der Waals surface area contributed by atoms with Gasteiger partial charge in [0, 0.05) is 20.5 Å². The number of thioether (sulfide) groups is 1. The molecule has 25 heavy (non-hydrogen) atoms. The molecular weight excluding hydrogens is 416 g/mol. The molecule has 2 aromatic heterocycles. The van der Waals surface area contributed by atoms with E-state index in [2.05, 4.69) is 32.8 Å². The number of benzene rings is 1. The van der Waals surface area contributed by atoms with Gasteiger partial charge in [-0.3, -0.25) is 0 Å². The number of hydrogen-bond donors (Lipinski definition) is 0. The SMILES string of the molecule is CC1CCc2c(sc3ncnc(SCCOc4ccc(Br)cc4)c23)C1. The number of hydrogen-bond acceptors (Lipinski definition) is 5. The summed E-state index contributed by atoms with van der Waals surface area (Å²) in [5, 5.41) is 2.40. The van der Waals surface area contributed by atoms with Gasteiger partial charge in [-0.2, -0.15) is 0 Å². The minimum absolute atomic E-state index is 0.668. The van der Waals surface area contributed by atoms with Crippen LogP contribution in [0.2, 0.25) is 0 Å². The monoisotopic (exact) mass is 434 g/mol. The molecule has 0 bridgehead atoms. The molecule has 0 spiro atoms. The van der Waals surface area contributed by atoms with Crippen LogP contribution in [0.4, 0.5) is 0 Å². The van der Waals surface area contributed by atoms with Crippen molar-refractivity contribution in [2.24, 2.45) is 5.92 Å². The lowest BCUT2D eigenvalue weighted by atomic mass is 9.89. The van der Waals surface area contributed by atoms with Gasteiger partial charge >= 0.3 is 0 Å². The molecule has 0 fully saturated rings. The number of ether oxygens (including phenoxy) is 1. The number of nitrogens with zero attached hydrogens (tertiary/aromatic N) is 2. The van der Waals surface area contributed by atoms with Crippen molar-refractivity contribution in [2.45, 2.75) is 31.2 Å². The van der Waals surface area contributed by atoms with Gasteiger partial charge < -0.3 is 4.74 Å². The highest BCUT2D eigenvalue weighted by atomic mass is 79.9. The predicted octanol–water partition coefficient (Wildman–Crippen LogP) is 5.75. The molecule has 6 heteroatoms. The lowest BCUT2D eigenvalue weighted by Gasteiger charge is -2.18. The molecule has 0 amide bonds. The molecule has 2 heterocycles. The molecule has 3 nitrogen and oxygen atoms in total. The summed E-state index contributed by atoms with van der Waals surface area (Å²) in [5.74, 6) is 2.56. The van der Waals surface area contributed by atoms with E-state index in [1.807, 2.05) is 35.6 Å². The Morgan fingerprint density at radius 2 is 2.12 bits per heavy atom. The van der Waals surface area contributed by atoms with Crippen molar-refractivity contribution in [3.8, 4) is 5.75 Å². The minimum atomic E-state index is 0.668. The highest BCUT2D eigenvalue weighted by Gasteiger charge is 2.23. The van der Waals surface area contributed by atoms with Crippen LogP contribution in [0.5, 0.6) is 5.75 Å². The Bertz CT molecular complexity index is 879. The van der Waals surface area contributed by atoms with Crippen molar-refractivity contribution in [3.63, 3.8) is 0 Å². The number of aryl methyl sites for hydroxylation is 1. The van der Waals surface area contributed by atoms with Crippen molar-refractivity contribution in [2.75, 3.05) is 12.4 Å². The van der Waals surface area contributed by atoms with Gasteiger partial charge in [0.25, 0.3) is 0 Å². The van der Waals surface area contributed by atoms with Crippen molar-refractivity contribution in [1.29, 1.82) is 0 Å². The fraction of sp³-hybridized carbons (Fsp3) is 0.368. The maximum Gasteiger partial charge on any atom is 0.128 e. The van der Waals surface area contributed by atoms with Gasteiger partial charge in [-0.25, -0.2) is 9.97 Å². The summed E-state index contributed by atoms with van der Waals surface area (Å²) in [6.07, 6.45) is 5.32. The van der Waals surface area contributed by atoms with E-state index in [0.29, 0.717) is 6.61 Å². The molecule has 1 aromatic carbocycles. The zero-order valence-corrected chi connectivity index (χ0v) is 17.2. The maximum atomic E-state index is 5.82. The fourth-order valence-electron chi connectivity index (χ4n) is 3.18. The van der Waals surface area contributed by atoms with Crippen LogP contribution in [0.3, 0.4) is 0 Å². The molecule has 0 saturated heterocycles. The van der Waals surface area contributed by atoms with Gasteiger partial charge in [-0.1, -0.05) is 22.9 Å². The van der Waals surface area contributed by atoms with Crippen LogP contribution in [0.15, 0.2) is 40.1 Å². The van der Waals surface area contributed by atoms with E-state index in [9.17, 15) is 0 Å². The molecular formula is C19H19BrN2OS2. The Labute approximate surface area is 164 Å². The molecule has 130 valence electrons. The van der Waals surface area contributed by atoms with Crippen LogP contribution in [-0.2, 0) is 12.8 Å². The third kappa shape index (κ3) is 3.86. The molecule has 0 radical (unpaired) electrons. The van der Waals surface area contributed by atoms with E-state index < -0.39 is 0 Å². The van der Waals surface area contributed by atoms with Crippen LogP contribution >= 0.6 is 39.0 Å². The van der Waals surface area contributed by atoms with Crippen LogP contribution < -0.4 is 4.74 Å². The largest absolute Gasteiger partial charge is 0.493 e. The summed E-state index contributed by atoms with van der Waals surface area (Å²) in [6, 6.07) is 7.95. The second-order valence-electron chi connectivity index (χ2n) is 6.36. The van der Waals surface area contributed by atoms with E-state index in [4.69, 9.17) is 4.74 Å². The Hall–Kier alpha value is -1.11. The maximum absolute atomic E-state index is 5.82. The summed E-state index contributed by atoms with van der Waals surface area (Å²) in [4.78, 5) is 11.7. The normalized spacial score (nSPS) is 16.8. The predicted molar refractivity (Wildman–Crippen MR) is 109 cm³/mol. The molecule has 1 atom stereocenters. The minimum Gasteiger partial charge on any atom is -0.493 e. The van der Waals surface area contributed by atoms with Gasteiger partial charge in [0.2, 0.25) is 0 Å². The first-order chi connectivity index (χ1) is 12.2. The molecule has 0 aliphatic heterocycles. The average molecular weight is 435 g/mol. The number of aromatic nitrogens is 2. The van der Waals surface area contributed by atoms with Crippen LogP contribution in [0.25, 0.3) is 10.2 Å². The molecule has 1 aliphatic carbocycles. The lowest BCUT2D eigenvalue weighted by molar-refractivity contribution is 0.344. The van der Waals surface area contributed by atoms with E-state index in [-0.39, 0.29) is 0 Å². The van der Waals surface area contributed by atoms with Gasteiger partial charge in [0.1, 0.15) is 21.9 Å². The Balaban J connectivity index is 1.45. The van der Waals surface area contributed by atoms with E-state index >= 15 is 0 Å². The zero-order chi connectivity index (χ0) is 17.2. The summed E-state index contributed by atoms with van der Waals surface area (Å²) < 4.78 is 6.88. The van der Waals surface area contributed by atoms with Crippen LogP contribution in [-0.4, -0.2) is 22.3 Å². The second-order valence-corrected chi connectivity index (χ2v) is 9.44. The lowest BCUT2D eigenvalue weighted by Crippen LogP contribution is -2.08. The molecule has 1 aliphatic rings. The number of thiophene rings is 1. The van der Waals surface area contributed by atoms with Gasteiger partial charge in [0.15, 0.2) is 0 Å². The molecule has 0 N–H and O–H groups in total. The highest BCUT2D eigenvalue weighted by Crippen LogP contribution is 2.40. The molecule has 3 aromatic rings. The third-order valence-electron chi connectivity index (χ3n) is 4.46. The molecule has 4 rings (SSSR count). The average Bonchev–Trinajstić information content (AvgIpc) is 2.98. The highest BCUT2D eigenvalue weighted by molar-refractivity contribution is 9.10. The van der Waals surface area contributed by atoms with E-state index in [1.54, 1.807) is 18.1 Å². The third-order valence-corrected chi connectivity index (χ3v) is 7.11. The Morgan fingerprint density at radius 3 is 2.96 bits per heavy atom. The van der Waals surface area contributed by atoms with Gasteiger partial charge in [-0.15, -0.1) is 23.1 Å². The van der Waals surface area contributed by atoms with Crippen LogP contribution in [0.1, 0.15) is 23.8 Å². The fourth-order valence-corrected chi connectivity index (χ4v) is 5.71. The van der Waals surface area contributed by atoms with Crippen molar-refractivity contribution in [1.82, 2.24) is 9.97 Å². The summed E-state index contributed by atoms with van der Waals surface area (Å²) in [5.41, 5.74) is 1.50. The van der Waals surface area contributed by atoms with Crippen molar-refractivity contribution in [3.05, 3.63) is 45.5 Å². The molecule has 1 unspecified atom stereocenters. The number of rotatable bonds is 5. The smallest absolute Gasteiger partial charge is 0.128 e. The van der Waals surface area contributed by atoms with Gasteiger partial charge in [-0.05, 0) is 55.0 Å². The quantitative estimate of drug-likeness (QED) is 0.290. The Morgan fingerprint density at radius 1 is 1.28 bits per heavy atom. The summed E-state index contributed by atoms with van der Waals surface area (Å²) in [7, 11) is 0. The summed E-state index contributed by atoms with van der Waals surface area (Å²) in [6.45, 7) is 3.01. The number of halogens is 1. The molecule has 0 saturated carbocycles. The van der Waals surface area contributed by atoms with Crippen molar-refractivity contribution >= 4 is 49.2 Å². The standard InChI is InChI=1S/C19H19BrN2OS2/c1-12-2-7-15-16(10-12)25-19-17(15)18(21-11-22-19)24-9-8-23-14-5-3-13(20)4-6-14/h3-6,11-12H,2,7-10H2,1H3. The first kappa shape index (κ1) is 17.3. The van der Waals surface area contributed by atoms with Gasteiger partial charge in [0.05, 0.1) is 6.61 Å². The van der Waals surface area contributed by atoms with E-state index in [0.717, 1.165) is 38.2 Å².